The van der Waals surface area contributed by atoms with Gasteiger partial charge in [0.05, 0.1) is 20.8 Å². The van der Waals surface area contributed by atoms with E-state index < -0.39 is 0 Å². The van der Waals surface area contributed by atoms with E-state index in [0.717, 1.165) is 62.6 Å². The largest absolute Gasteiger partial charge is 0.497 e. The maximum absolute atomic E-state index is 13.1. The first-order chi connectivity index (χ1) is 15.6. The molecule has 0 saturated carbocycles. The molecule has 2 heterocycles. The number of benzene rings is 2. The minimum atomic E-state index is 0.208. The van der Waals surface area contributed by atoms with Crippen molar-refractivity contribution in [1.82, 2.24) is 14.7 Å². The highest BCUT2D eigenvalue weighted by molar-refractivity contribution is 5.78. The van der Waals surface area contributed by atoms with E-state index in [1.807, 2.05) is 17.0 Å². The molecular formula is C26H35N3O3. The lowest BCUT2D eigenvalue weighted by molar-refractivity contribution is -0.134. The summed E-state index contributed by atoms with van der Waals surface area (Å²) < 4.78 is 11.0. The number of likely N-dealkylation sites (tertiary alicyclic amines) is 1. The average Bonchev–Trinajstić information content (AvgIpc) is 3.31. The van der Waals surface area contributed by atoms with E-state index in [1.165, 1.54) is 5.56 Å². The first-order valence-electron chi connectivity index (χ1n) is 11.6. The number of piperazine rings is 1. The van der Waals surface area contributed by atoms with Crippen molar-refractivity contribution in [3.05, 3.63) is 59.7 Å². The number of ether oxygens (including phenoxy) is 2. The molecule has 32 heavy (non-hydrogen) atoms. The Kier molecular flexibility index (Phi) is 7.33. The fraction of sp³-hybridized carbons (Fsp3) is 0.500. The van der Waals surface area contributed by atoms with Gasteiger partial charge in [0.25, 0.3) is 0 Å². The second-order valence-corrected chi connectivity index (χ2v) is 8.74. The van der Waals surface area contributed by atoms with Crippen molar-refractivity contribution in [3.8, 4) is 11.5 Å². The van der Waals surface area contributed by atoms with Gasteiger partial charge < -0.3 is 14.4 Å². The number of amides is 1. The van der Waals surface area contributed by atoms with Crippen LogP contribution in [-0.2, 0) is 4.79 Å². The third kappa shape index (κ3) is 4.92. The van der Waals surface area contributed by atoms with Gasteiger partial charge >= 0.3 is 0 Å². The van der Waals surface area contributed by atoms with Gasteiger partial charge in [-0.15, -0.1) is 0 Å². The summed E-state index contributed by atoms with van der Waals surface area (Å²) in [7, 11) is 3.36. The minimum absolute atomic E-state index is 0.208. The number of hydrogen-bond acceptors (Lipinski definition) is 5. The number of carbonyl (C=O) groups is 1. The Hall–Kier alpha value is -2.57. The fourth-order valence-electron chi connectivity index (χ4n) is 5.04. The van der Waals surface area contributed by atoms with Gasteiger partial charge in [-0.05, 0) is 37.9 Å². The van der Waals surface area contributed by atoms with Gasteiger partial charge in [0.2, 0.25) is 5.91 Å². The van der Waals surface area contributed by atoms with E-state index in [0.29, 0.717) is 12.6 Å². The van der Waals surface area contributed by atoms with Crippen molar-refractivity contribution in [2.24, 2.45) is 0 Å². The molecule has 2 saturated heterocycles. The van der Waals surface area contributed by atoms with Crippen LogP contribution in [-0.4, -0.2) is 74.1 Å². The summed E-state index contributed by atoms with van der Waals surface area (Å²) >= 11 is 0. The third-order valence-corrected chi connectivity index (χ3v) is 7.00. The molecule has 2 fully saturated rings. The molecule has 6 nitrogen and oxygen atoms in total. The summed E-state index contributed by atoms with van der Waals surface area (Å²) in [4.78, 5) is 20.0. The highest BCUT2D eigenvalue weighted by Gasteiger charge is 2.32. The van der Waals surface area contributed by atoms with Gasteiger partial charge in [0.15, 0.2) is 0 Å². The van der Waals surface area contributed by atoms with Crippen LogP contribution < -0.4 is 9.47 Å². The summed E-state index contributed by atoms with van der Waals surface area (Å²) in [6, 6.07) is 17.2. The van der Waals surface area contributed by atoms with Gasteiger partial charge in [0.1, 0.15) is 11.5 Å². The Labute approximate surface area is 191 Å². The van der Waals surface area contributed by atoms with Crippen LogP contribution in [0.15, 0.2) is 48.5 Å². The molecule has 0 radical (unpaired) electrons. The Morgan fingerprint density at radius 2 is 1.75 bits per heavy atom. The Bertz CT molecular complexity index is 896. The highest BCUT2D eigenvalue weighted by atomic mass is 16.5. The summed E-state index contributed by atoms with van der Waals surface area (Å²) in [5.41, 5.74) is 2.47. The van der Waals surface area contributed by atoms with E-state index in [9.17, 15) is 4.79 Å². The number of carbonyl (C=O) groups excluding carboxylic acids is 1. The lowest BCUT2D eigenvalue weighted by atomic mass is 10.0. The molecule has 2 aliphatic rings. The van der Waals surface area contributed by atoms with Crippen molar-refractivity contribution in [1.29, 1.82) is 0 Å². The van der Waals surface area contributed by atoms with E-state index in [-0.39, 0.29) is 11.9 Å². The zero-order valence-corrected chi connectivity index (χ0v) is 19.5. The standard InChI is InChI=1S/C26H35N3O3/c1-20(21-8-5-4-6-9-21)27-14-16-28(17-15-27)26(30)19-29-13-7-10-24(29)23-12-11-22(31-2)18-25(23)32-3/h4-6,8-9,11-12,18,20,24H,7,10,13-17,19H2,1-3H3/t20-,24+/m1/s1. The molecule has 0 aromatic heterocycles. The van der Waals surface area contributed by atoms with Gasteiger partial charge in [-0.2, -0.15) is 0 Å². The lowest BCUT2D eigenvalue weighted by Gasteiger charge is -2.39. The van der Waals surface area contributed by atoms with E-state index in [2.05, 4.69) is 53.1 Å². The maximum Gasteiger partial charge on any atom is 0.236 e. The topological polar surface area (TPSA) is 45.2 Å². The zero-order valence-electron chi connectivity index (χ0n) is 19.5. The van der Waals surface area contributed by atoms with Crippen molar-refractivity contribution in [2.45, 2.75) is 31.8 Å². The number of nitrogens with zero attached hydrogens (tertiary/aromatic N) is 3. The van der Waals surface area contributed by atoms with Crippen LogP contribution in [0.1, 0.15) is 43.0 Å². The zero-order chi connectivity index (χ0) is 22.5. The SMILES string of the molecule is COc1ccc([C@@H]2CCCN2CC(=O)N2CCN([C@H](C)c3ccccc3)CC2)c(OC)c1. The van der Waals surface area contributed by atoms with Crippen LogP contribution >= 0.6 is 0 Å². The first kappa shape index (κ1) is 22.6. The van der Waals surface area contributed by atoms with Crippen molar-refractivity contribution in [2.75, 3.05) is 53.5 Å². The molecule has 0 unspecified atom stereocenters. The van der Waals surface area contributed by atoms with Crippen LogP contribution in [0.4, 0.5) is 0 Å². The quantitative estimate of drug-likeness (QED) is 0.660. The first-order valence-corrected chi connectivity index (χ1v) is 11.6. The minimum Gasteiger partial charge on any atom is -0.497 e. The Balaban J connectivity index is 1.35. The second-order valence-electron chi connectivity index (χ2n) is 8.74. The number of rotatable bonds is 7. The van der Waals surface area contributed by atoms with Gasteiger partial charge in [-0.3, -0.25) is 14.6 Å². The van der Waals surface area contributed by atoms with Crippen molar-refractivity contribution in [3.63, 3.8) is 0 Å². The molecule has 0 N–H and O–H groups in total. The van der Waals surface area contributed by atoms with Gasteiger partial charge in [0, 0.05) is 49.9 Å². The lowest BCUT2D eigenvalue weighted by Crippen LogP contribution is -2.51. The van der Waals surface area contributed by atoms with E-state index in [1.54, 1.807) is 14.2 Å². The fourth-order valence-corrected chi connectivity index (χ4v) is 5.04. The average molecular weight is 438 g/mol. The molecule has 1 amide bonds. The summed E-state index contributed by atoms with van der Waals surface area (Å²) in [6.07, 6.45) is 2.13. The molecule has 6 heteroatoms. The normalized spacial score (nSPS) is 20.8. The van der Waals surface area contributed by atoms with Crippen LogP contribution in [0.5, 0.6) is 11.5 Å². The second kappa shape index (κ2) is 10.4. The third-order valence-electron chi connectivity index (χ3n) is 7.00. The summed E-state index contributed by atoms with van der Waals surface area (Å²) in [6.45, 7) is 7.07. The maximum atomic E-state index is 13.1. The van der Waals surface area contributed by atoms with Crippen LogP contribution in [0, 0.1) is 0 Å². The predicted molar refractivity (Wildman–Crippen MR) is 126 cm³/mol. The molecule has 4 rings (SSSR count). The molecule has 172 valence electrons. The van der Waals surface area contributed by atoms with Gasteiger partial charge in [-0.25, -0.2) is 0 Å². The van der Waals surface area contributed by atoms with Crippen LogP contribution in [0.3, 0.4) is 0 Å². The predicted octanol–water partition coefficient (Wildman–Crippen LogP) is 3.75. The molecule has 2 aromatic carbocycles. The Morgan fingerprint density at radius 3 is 2.44 bits per heavy atom. The number of hydrogen-bond donors (Lipinski definition) is 0. The summed E-state index contributed by atoms with van der Waals surface area (Å²) in [5.74, 6) is 1.85. The number of methoxy groups -OCH3 is 2. The van der Waals surface area contributed by atoms with Crippen molar-refractivity contribution >= 4 is 5.91 Å². The van der Waals surface area contributed by atoms with E-state index >= 15 is 0 Å². The molecule has 2 atom stereocenters. The van der Waals surface area contributed by atoms with Crippen molar-refractivity contribution < 1.29 is 14.3 Å². The summed E-state index contributed by atoms with van der Waals surface area (Å²) in [5, 5.41) is 0. The monoisotopic (exact) mass is 437 g/mol. The molecule has 0 spiro atoms. The molecule has 0 aliphatic carbocycles. The smallest absolute Gasteiger partial charge is 0.236 e. The molecular weight excluding hydrogens is 402 g/mol. The van der Waals surface area contributed by atoms with Gasteiger partial charge in [-0.1, -0.05) is 36.4 Å². The molecule has 2 aliphatic heterocycles. The van der Waals surface area contributed by atoms with Crippen LogP contribution in [0.25, 0.3) is 0 Å². The molecule has 0 bridgehead atoms. The highest BCUT2D eigenvalue weighted by Crippen LogP contribution is 2.38. The van der Waals surface area contributed by atoms with Crippen LogP contribution in [0.2, 0.25) is 0 Å². The van der Waals surface area contributed by atoms with E-state index in [4.69, 9.17) is 9.47 Å². The molecule has 2 aromatic rings. The Morgan fingerprint density at radius 1 is 1.00 bits per heavy atom.